The van der Waals surface area contributed by atoms with Crippen molar-refractivity contribution in [1.29, 1.82) is 0 Å². The number of para-hydroxylation sites is 1. The molecule has 2 N–H and O–H groups in total. The smallest absolute Gasteiger partial charge is 0.323 e. The van der Waals surface area contributed by atoms with Crippen molar-refractivity contribution in [2.24, 2.45) is 0 Å². The van der Waals surface area contributed by atoms with Gasteiger partial charge in [-0.15, -0.1) is 0 Å². The Balaban J connectivity index is 1.30. The fourth-order valence-corrected chi connectivity index (χ4v) is 3.37. The van der Waals surface area contributed by atoms with E-state index in [0.717, 1.165) is 18.9 Å². The lowest BCUT2D eigenvalue weighted by molar-refractivity contribution is 0.0746. The monoisotopic (exact) mass is 401 g/mol. The minimum absolute atomic E-state index is 0.00374. The van der Waals surface area contributed by atoms with Gasteiger partial charge < -0.3 is 20.4 Å². The van der Waals surface area contributed by atoms with Gasteiger partial charge in [-0.25, -0.2) is 9.78 Å². The van der Waals surface area contributed by atoms with Gasteiger partial charge in [0.2, 0.25) is 0 Å². The number of nitrogens with zero attached hydrogens (tertiary/aromatic N) is 3. The Morgan fingerprint density at radius 3 is 2.00 bits per heavy atom. The maximum Gasteiger partial charge on any atom is 0.323 e. The lowest BCUT2D eigenvalue weighted by Gasteiger charge is -2.35. The molecule has 0 atom stereocenters. The van der Waals surface area contributed by atoms with Crippen LogP contribution in [0.4, 0.5) is 22.0 Å². The first-order valence-electron chi connectivity index (χ1n) is 9.87. The van der Waals surface area contributed by atoms with Crippen LogP contribution in [0, 0.1) is 0 Å². The lowest BCUT2D eigenvalue weighted by Crippen LogP contribution is -2.49. The van der Waals surface area contributed by atoms with Gasteiger partial charge in [-0.05, 0) is 48.5 Å². The third kappa shape index (κ3) is 4.75. The molecule has 1 fully saturated rings. The molecule has 30 heavy (non-hydrogen) atoms. The summed E-state index contributed by atoms with van der Waals surface area (Å²) in [5.41, 5.74) is 1.95. The van der Waals surface area contributed by atoms with Gasteiger partial charge in [-0.2, -0.15) is 0 Å². The molecule has 3 amide bonds. The highest BCUT2D eigenvalue weighted by Gasteiger charge is 2.22. The zero-order valence-corrected chi connectivity index (χ0v) is 16.5. The third-order valence-electron chi connectivity index (χ3n) is 4.96. The molecule has 1 saturated heterocycles. The molecule has 0 bridgehead atoms. The second-order valence-corrected chi connectivity index (χ2v) is 6.99. The van der Waals surface area contributed by atoms with E-state index in [4.69, 9.17) is 0 Å². The van der Waals surface area contributed by atoms with Gasteiger partial charge in [0, 0.05) is 49.3 Å². The van der Waals surface area contributed by atoms with Crippen LogP contribution in [0.1, 0.15) is 10.4 Å². The average Bonchev–Trinajstić information content (AvgIpc) is 2.80. The van der Waals surface area contributed by atoms with Gasteiger partial charge in [0.15, 0.2) is 0 Å². The number of nitrogens with one attached hydrogen (secondary N) is 2. The normalized spacial score (nSPS) is 13.6. The summed E-state index contributed by atoms with van der Waals surface area (Å²) in [5.74, 6) is 0.935. The molecule has 1 aliphatic rings. The fourth-order valence-electron chi connectivity index (χ4n) is 3.37. The Kier molecular flexibility index (Phi) is 5.89. The first kappa shape index (κ1) is 19.4. The molecular weight excluding hydrogens is 378 g/mol. The Bertz CT molecular complexity index is 985. The number of hydrogen-bond donors (Lipinski definition) is 2. The van der Waals surface area contributed by atoms with E-state index >= 15 is 0 Å². The van der Waals surface area contributed by atoms with Gasteiger partial charge >= 0.3 is 6.03 Å². The molecular formula is C23H23N5O2. The highest BCUT2D eigenvalue weighted by molar-refractivity contribution is 6.00. The van der Waals surface area contributed by atoms with E-state index in [1.54, 1.807) is 30.5 Å². The summed E-state index contributed by atoms with van der Waals surface area (Å²) >= 11 is 0. The predicted molar refractivity (Wildman–Crippen MR) is 118 cm³/mol. The quantitative estimate of drug-likeness (QED) is 0.699. The van der Waals surface area contributed by atoms with E-state index in [2.05, 4.69) is 20.5 Å². The van der Waals surface area contributed by atoms with Crippen molar-refractivity contribution in [1.82, 2.24) is 9.88 Å². The van der Waals surface area contributed by atoms with Crippen LogP contribution in [-0.4, -0.2) is 48.0 Å². The maximum absolute atomic E-state index is 12.8. The number of urea groups is 1. The standard InChI is InChI=1S/C23H23N5O2/c29-22(28-16-14-27(15-17-28)21-8-4-5-13-24-21)18-9-11-20(12-10-18)26-23(30)25-19-6-2-1-3-7-19/h1-13H,14-17H2,(H2,25,26,30). The first-order valence-corrected chi connectivity index (χ1v) is 9.87. The summed E-state index contributed by atoms with van der Waals surface area (Å²) in [5, 5.41) is 5.53. The Labute approximate surface area is 175 Å². The molecule has 0 saturated carbocycles. The highest BCUT2D eigenvalue weighted by Crippen LogP contribution is 2.16. The van der Waals surface area contributed by atoms with E-state index in [1.807, 2.05) is 53.4 Å². The maximum atomic E-state index is 12.8. The van der Waals surface area contributed by atoms with Gasteiger partial charge in [0.1, 0.15) is 5.82 Å². The first-order chi connectivity index (χ1) is 14.7. The molecule has 152 valence electrons. The van der Waals surface area contributed by atoms with Crippen LogP contribution in [0.3, 0.4) is 0 Å². The number of anilines is 3. The number of carbonyl (C=O) groups excluding carboxylic acids is 2. The molecule has 1 aromatic heterocycles. The Hall–Kier alpha value is -3.87. The van der Waals surface area contributed by atoms with Crippen LogP contribution in [0.5, 0.6) is 0 Å². The highest BCUT2D eigenvalue weighted by atomic mass is 16.2. The second-order valence-electron chi connectivity index (χ2n) is 6.99. The van der Waals surface area contributed by atoms with Crippen LogP contribution in [-0.2, 0) is 0 Å². The number of rotatable bonds is 4. The van der Waals surface area contributed by atoms with Crippen LogP contribution < -0.4 is 15.5 Å². The number of pyridine rings is 1. The third-order valence-corrected chi connectivity index (χ3v) is 4.96. The summed E-state index contributed by atoms with van der Waals surface area (Å²) in [4.78, 5) is 33.3. The molecule has 7 heteroatoms. The number of piperazine rings is 1. The van der Waals surface area contributed by atoms with Crippen molar-refractivity contribution in [3.05, 3.63) is 84.6 Å². The second kappa shape index (κ2) is 9.09. The summed E-state index contributed by atoms with van der Waals surface area (Å²) in [6.07, 6.45) is 1.78. The van der Waals surface area contributed by atoms with Crippen LogP contribution >= 0.6 is 0 Å². The van der Waals surface area contributed by atoms with Crippen molar-refractivity contribution in [3.8, 4) is 0 Å². The molecule has 3 aromatic rings. The summed E-state index contributed by atoms with van der Waals surface area (Å²) in [7, 11) is 0. The zero-order valence-electron chi connectivity index (χ0n) is 16.5. The fraction of sp³-hybridized carbons (Fsp3) is 0.174. The van der Waals surface area contributed by atoms with Crippen LogP contribution in [0.25, 0.3) is 0 Å². The Morgan fingerprint density at radius 1 is 0.733 bits per heavy atom. The number of hydrogen-bond acceptors (Lipinski definition) is 4. The van der Waals surface area contributed by atoms with E-state index in [0.29, 0.717) is 30.0 Å². The molecule has 4 rings (SSSR count). The molecule has 7 nitrogen and oxygen atoms in total. The van der Waals surface area contributed by atoms with Gasteiger partial charge in [-0.1, -0.05) is 24.3 Å². The number of carbonyl (C=O) groups is 2. The molecule has 0 radical (unpaired) electrons. The minimum atomic E-state index is -0.328. The van der Waals surface area contributed by atoms with E-state index in [9.17, 15) is 9.59 Å². The summed E-state index contributed by atoms with van der Waals surface area (Å²) in [6, 6.07) is 21.7. The van der Waals surface area contributed by atoms with Crippen LogP contribution in [0.2, 0.25) is 0 Å². The van der Waals surface area contributed by atoms with Crippen molar-refractivity contribution in [2.45, 2.75) is 0 Å². The number of amides is 3. The molecule has 0 aliphatic carbocycles. The average molecular weight is 401 g/mol. The van der Waals surface area contributed by atoms with Crippen molar-refractivity contribution in [2.75, 3.05) is 41.7 Å². The molecule has 0 spiro atoms. The van der Waals surface area contributed by atoms with Crippen molar-refractivity contribution in [3.63, 3.8) is 0 Å². The SMILES string of the molecule is O=C(Nc1ccccc1)Nc1ccc(C(=O)N2CCN(c3ccccn3)CC2)cc1. The van der Waals surface area contributed by atoms with Crippen molar-refractivity contribution < 1.29 is 9.59 Å². The van der Waals surface area contributed by atoms with Gasteiger partial charge in [0.25, 0.3) is 5.91 Å². The Morgan fingerprint density at radius 2 is 1.37 bits per heavy atom. The molecule has 1 aliphatic heterocycles. The topological polar surface area (TPSA) is 77.6 Å². The summed E-state index contributed by atoms with van der Waals surface area (Å²) in [6.45, 7) is 2.80. The van der Waals surface area contributed by atoms with Gasteiger partial charge in [0.05, 0.1) is 0 Å². The summed E-state index contributed by atoms with van der Waals surface area (Å²) < 4.78 is 0. The van der Waals surface area contributed by atoms with E-state index in [1.165, 1.54) is 0 Å². The van der Waals surface area contributed by atoms with Crippen molar-refractivity contribution >= 4 is 29.1 Å². The molecule has 2 heterocycles. The predicted octanol–water partition coefficient (Wildman–Crippen LogP) is 3.69. The van der Waals surface area contributed by atoms with Gasteiger partial charge in [-0.3, -0.25) is 4.79 Å². The number of aromatic nitrogens is 1. The molecule has 2 aromatic carbocycles. The van der Waals surface area contributed by atoms with E-state index in [-0.39, 0.29) is 11.9 Å². The largest absolute Gasteiger partial charge is 0.353 e. The molecule has 0 unspecified atom stereocenters. The number of benzene rings is 2. The minimum Gasteiger partial charge on any atom is -0.353 e. The zero-order chi connectivity index (χ0) is 20.8. The van der Waals surface area contributed by atoms with Crippen LogP contribution in [0.15, 0.2) is 79.0 Å². The lowest BCUT2D eigenvalue weighted by atomic mass is 10.1. The van der Waals surface area contributed by atoms with E-state index < -0.39 is 0 Å².